The van der Waals surface area contributed by atoms with Crippen LogP contribution in [0.5, 0.6) is 0 Å². The lowest BCUT2D eigenvalue weighted by molar-refractivity contribution is -0.135. The molecule has 1 aliphatic heterocycles. The summed E-state index contributed by atoms with van der Waals surface area (Å²) in [6.07, 6.45) is 2.14. The molecule has 1 unspecified atom stereocenters. The van der Waals surface area contributed by atoms with Gasteiger partial charge in [0.25, 0.3) is 0 Å². The van der Waals surface area contributed by atoms with Crippen molar-refractivity contribution in [2.24, 2.45) is 11.7 Å². The maximum absolute atomic E-state index is 12.4. The van der Waals surface area contributed by atoms with Crippen LogP contribution in [0, 0.1) is 5.92 Å². The van der Waals surface area contributed by atoms with Gasteiger partial charge < -0.3 is 16.0 Å². The van der Waals surface area contributed by atoms with Gasteiger partial charge in [-0.15, -0.1) is 11.8 Å². The highest BCUT2D eigenvalue weighted by Gasteiger charge is 2.27. The van der Waals surface area contributed by atoms with Crippen LogP contribution in [-0.4, -0.2) is 48.6 Å². The summed E-state index contributed by atoms with van der Waals surface area (Å²) in [5, 5.41) is 3.52. The number of thioether (sulfide) groups is 1. The number of rotatable bonds is 7. The van der Waals surface area contributed by atoms with Crippen LogP contribution < -0.4 is 11.1 Å². The number of carbonyl (C=O) groups excluding carboxylic acids is 2. The Bertz CT molecular complexity index is 571. The smallest absolute Gasteiger partial charge is 0.224 e. The van der Waals surface area contributed by atoms with E-state index in [1.807, 2.05) is 29.2 Å². The molecule has 1 heterocycles. The molecule has 0 radical (unpaired) electrons. The van der Waals surface area contributed by atoms with Gasteiger partial charge in [0.1, 0.15) is 0 Å². The lowest BCUT2D eigenvalue weighted by atomic mass is 9.97. The zero-order chi connectivity index (χ0) is 17.4. The van der Waals surface area contributed by atoms with E-state index in [0.717, 1.165) is 24.3 Å². The van der Waals surface area contributed by atoms with E-state index in [1.165, 1.54) is 0 Å². The molecular weight excluding hydrogens is 346 g/mol. The molecule has 1 aromatic carbocycles. The van der Waals surface area contributed by atoms with Gasteiger partial charge in [0.15, 0.2) is 0 Å². The molecule has 1 saturated heterocycles. The van der Waals surface area contributed by atoms with Gasteiger partial charge in [0.2, 0.25) is 11.8 Å². The molecule has 1 fully saturated rings. The maximum Gasteiger partial charge on any atom is 0.224 e. The van der Waals surface area contributed by atoms with Crippen molar-refractivity contribution in [3.8, 4) is 0 Å². The minimum Gasteiger partial charge on any atom is -0.355 e. The maximum atomic E-state index is 12.4. The monoisotopic (exact) mass is 369 g/mol. The molecular formula is C17H24ClN3O2S. The summed E-state index contributed by atoms with van der Waals surface area (Å²) in [6, 6.07) is 7.63. The highest BCUT2D eigenvalue weighted by atomic mass is 35.5. The van der Waals surface area contributed by atoms with E-state index in [1.54, 1.807) is 11.8 Å². The normalized spacial score (nSPS) is 17.6. The Morgan fingerprint density at radius 1 is 1.38 bits per heavy atom. The van der Waals surface area contributed by atoms with E-state index in [9.17, 15) is 9.59 Å². The molecule has 132 valence electrons. The van der Waals surface area contributed by atoms with Crippen molar-refractivity contribution >= 4 is 35.2 Å². The molecule has 0 saturated carbocycles. The summed E-state index contributed by atoms with van der Waals surface area (Å²) in [6.45, 7) is 2.15. The Hall–Kier alpha value is -1.24. The second kappa shape index (κ2) is 9.91. The van der Waals surface area contributed by atoms with Gasteiger partial charge in [-0.3, -0.25) is 9.59 Å². The van der Waals surface area contributed by atoms with E-state index in [-0.39, 0.29) is 17.7 Å². The number of nitrogens with two attached hydrogens (primary N) is 1. The Balaban J connectivity index is 1.77. The van der Waals surface area contributed by atoms with E-state index in [4.69, 9.17) is 17.3 Å². The summed E-state index contributed by atoms with van der Waals surface area (Å²) in [4.78, 5) is 27.2. The van der Waals surface area contributed by atoms with Crippen molar-refractivity contribution in [3.63, 3.8) is 0 Å². The number of hydrogen-bond donors (Lipinski definition) is 2. The third kappa shape index (κ3) is 5.69. The fourth-order valence-electron chi connectivity index (χ4n) is 2.73. The summed E-state index contributed by atoms with van der Waals surface area (Å²) in [5.41, 5.74) is 5.40. The first-order valence-electron chi connectivity index (χ1n) is 8.24. The number of carbonyl (C=O) groups is 2. The zero-order valence-corrected chi connectivity index (χ0v) is 15.2. The average Bonchev–Trinajstić information content (AvgIpc) is 2.61. The fraction of sp³-hybridized carbons (Fsp3) is 0.529. The van der Waals surface area contributed by atoms with Gasteiger partial charge in [-0.05, 0) is 25.0 Å². The number of halogens is 1. The first kappa shape index (κ1) is 19.1. The number of amides is 2. The van der Waals surface area contributed by atoms with Crippen LogP contribution in [0.1, 0.15) is 19.3 Å². The molecule has 1 atom stereocenters. The molecule has 0 bridgehead atoms. The largest absolute Gasteiger partial charge is 0.355 e. The summed E-state index contributed by atoms with van der Waals surface area (Å²) >= 11 is 7.70. The number of benzene rings is 1. The topological polar surface area (TPSA) is 75.4 Å². The quantitative estimate of drug-likeness (QED) is 0.722. The molecule has 0 spiro atoms. The van der Waals surface area contributed by atoms with Crippen molar-refractivity contribution in [1.29, 1.82) is 0 Å². The second-order valence-corrected chi connectivity index (χ2v) is 7.33. The van der Waals surface area contributed by atoms with Crippen molar-refractivity contribution in [2.75, 3.05) is 31.9 Å². The molecule has 2 rings (SSSR count). The van der Waals surface area contributed by atoms with Crippen LogP contribution in [0.15, 0.2) is 29.2 Å². The minimum atomic E-state index is -0.120. The summed E-state index contributed by atoms with van der Waals surface area (Å²) in [7, 11) is 0. The second-order valence-electron chi connectivity index (χ2n) is 5.79. The van der Waals surface area contributed by atoms with Crippen molar-refractivity contribution in [3.05, 3.63) is 29.3 Å². The van der Waals surface area contributed by atoms with E-state index in [0.29, 0.717) is 36.8 Å². The summed E-state index contributed by atoms with van der Waals surface area (Å²) < 4.78 is 0. The van der Waals surface area contributed by atoms with Crippen LogP contribution in [0.4, 0.5) is 0 Å². The Labute approximate surface area is 152 Å². The SMILES string of the molecule is NCCNC(=O)C1CCCN(C(=O)CCSc2ccccc2Cl)C1. The number of piperidine rings is 1. The van der Waals surface area contributed by atoms with Gasteiger partial charge in [-0.25, -0.2) is 0 Å². The van der Waals surface area contributed by atoms with Gasteiger partial charge in [0.05, 0.1) is 10.9 Å². The Kier molecular flexibility index (Phi) is 7.88. The Morgan fingerprint density at radius 2 is 2.17 bits per heavy atom. The third-order valence-electron chi connectivity index (χ3n) is 4.00. The standard InChI is InChI=1S/C17H24ClN3O2S/c18-14-5-1-2-6-15(14)24-11-7-16(22)21-10-3-4-13(12-21)17(23)20-9-8-19/h1-2,5-6,13H,3-4,7-12,19H2,(H,20,23). The van der Waals surface area contributed by atoms with Crippen LogP contribution in [-0.2, 0) is 9.59 Å². The predicted molar refractivity (Wildman–Crippen MR) is 98.2 cm³/mol. The minimum absolute atomic E-state index is 0.00314. The molecule has 5 nitrogen and oxygen atoms in total. The van der Waals surface area contributed by atoms with Crippen LogP contribution >= 0.6 is 23.4 Å². The van der Waals surface area contributed by atoms with Crippen molar-refractivity contribution < 1.29 is 9.59 Å². The number of nitrogens with one attached hydrogen (secondary N) is 1. The number of nitrogens with zero attached hydrogens (tertiary/aromatic N) is 1. The Morgan fingerprint density at radius 3 is 2.92 bits per heavy atom. The van der Waals surface area contributed by atoms with Gasteiger partial charge >= 0.3 is 0 Å². The van der Waals surface area contributed by atoms with Crippen LogP contribution in [0.2, 0.25) is 5.02 Å². The van der Waals surface area contributed by atoms with Crippen LogP contribution in [0.25, 0.3) is 0 Å². The lowest BCUT2D eigenvalue weighted by Gasteiger charge is -2.32. The molecule has 1 aliphatic rings. The average molecular weight is 370 g/mol. The highest BCUT2D eigenvalue weighted by molar-refractivity contribution is 7.99. The molecule has 0 aliphatic carbocycles. The van der Waals surface area contributed by atoms with Crippen LogP contribution in [0.3, 0.4) is 0 Å². The fourth-order valence-corrected chi connectivity index (χ4v) is 3.90. The van der Waals surface area contributed by atoms with Gasteiger partial charge in [-0.2, -0.15) is 0 Å². The summed E-state index contributed by atoms with van der Waals surface area (Å²) in [5.74, 6) is 0.670. The number of likely N-dealkylation sites (tertiary alicyclic amines) is 1. The van der Waals surface area contributed by atoms with E-state index >= 15 is 0 Å². The highest BCUT2D eigenvalue weighted by Crippen LogP contribution is 2.27. The lowest BCUT2D eigenvalue weighted by Crippen LogP contribution is -2.46. The van der Waals surface area contributed by atoms with E-state index in [2.05, 4.69) is 5.32 Å². The predicted octanol–water partition coefficient (Wildman–Crippen LogP) is 2.14. The molecule has 7 heteroatoms. The molecule has 3 N–H and O–H groups in total. The zero-order valence-electron chi connectivity index (χ0n) is 13.7. The molecule has 24 heavy (non-hydrogen) atoms. The third-order valence-corrected chi connectivity index (χ3v) is 5.52. The first-order chi connectivity index (χ1) is 11.6. The molecule has 0 aromatic heterocycles. The van der Waals surface area contributed by atoms with E-state index < -0.39 is 0 Å². The molecule has 2 amide bonds. The van der Waals surface area contributed by atoms with Crippen molar-refractivity contribution in [2.45, 2.75) is 24.2 Å². The van der Waals surface area contributed by atoms with Crippen molar-refractivity contribution in [1.82, 2.24) is 10.2 Å². The molecule has 1 aromatic rings. The van der Waals surface area contributed by atoms with Gasteiger partial charge in [-0.1, -0.05) is 23.7 Å². The first-order valence-corrected chi connectivity index (χ1v) is 9.61. The van der Waals surface area contributed by atoms with Gasteiger partial charge in [0, 0.05) is 43.2 Å². The number of hydrogen-bond acceptors (Lipinski definition) is 4.